The van der Waals surface area contributed by atoms with Crippen LogP contribution < -0.4 is 10.2 Å². The maximum atomic E-state index is 11.9. The first-order valence-corrected chi connectivity index (χ1v) is 8.33. The van der Waals surface area contributed by atoms with Crippen molar-refractivity contribution in [3.63, 3.8) is 0 Å². The lowest BCUT2D eigenvalue weighted by molar-refractivity contribution is -0.119. The van der Waals surface area contributed by atoms with Crippen molar-refractivity contribution in [1.29, 1.82) is 0 Å². The van der Waals surface area contributed by atoms with Crippen LogP contribution in [0.3, 0.4) is 0 Å². The number of rotatable bonds is 5. The second-order valence-corrected chi connectivity index (χ2v) is 6.01. The largest absolute Gasteiger partial charge is 0.452 e. The van der Waals surface area contributed by atoms with Crippen LogP contribution in [0.4, 0.5) is 11.4 Å². The summed E-state index contributed by atoms with van der Waals surface area (Å²) in [6, 6.07) is 10.3. The normalized spacial score (nSPS) is 13.6. The van der Waals surface area contributed by atoms with Crippen LogP contribution in [-0.2, 0) is 14.3 Å². The summed E-state index contributed by atoms with van der Waals surface area (Å²) in [6.45, 7) is 2.14. The Bertz CT molecular complexity index is 816. The van der Waals surface area contributed by atoms with E-state index in [4.69, 9.17) is 4.74 Å². The Labute approximate surface area is 151 Å². The molecule has 0 spiro atoms. The second kappa shape index (κ2) is 7.77. The zero-order valence-corrected chi connectivity index (χ0v) is 14.4. The highest BCUT2D eigenvalue weighted by atomic mass is 16.5. The average Bonchev–Trinajstić information content (AvgIpc) is 3.07. The quantitative estimate of drug-likeness (QED) is 0.833. The fourth-order valence-electron chi connectivity index (χ4n) is 2.65. The number of carbonyl (C=O) groups excluding carboxylic acids is 3. The van der Waals surface area contributed by atoms with E-state index in [9.17, 15) is 14.4 Å². The topological polar surface area (TPSA) is 88.6 Å². The van der Waals surface area contributed by atoms with Gasteiger partial charge in [0.15, 0.2) is 6.61 Å². The minimum Gasteiger partial charge on any atom is -0.452 e. The number of aryl methyl sites for hydroxylation is 1. The van der Waals surface area contributed by atoms with E-state index in [0.29, 0.717) is 24.2 Å². The van der Waals surface area contributed by atoms with Crippen LogP contribution >= 0.6 is 0 Å². The molecule has 0 unspecified atom stereocenters. The van der Waals surface area contributed by atoms with Crippen molar-refractivity contribution in [3.8, 4) is 0 Å². The number of benzene rings is 1. The molecule has 134 valence electrons. The number of hydrogen-bond acceptors (Lipinski definition) is 5. The molecule has 1 saturated heterocycles. The van der Waals surface area contributed by atoms with Gasteiger partial charge in [-0.25, -0.2) is 4.79 Å². The van der Waals surface area contributed by atoms with E-state index >= 15 is 0 Å². The summed E-state index contributed by atoms with van der Waals surface area (Å²) in [7, 11) is 0. The molecule has 1 aromatic heterocycles. The third-order valence-electron chi connectivity index (χ3n) is 4.02. The minimum atomic E-state index is -0.601. The van der Waals surface area contributed by atoms with E-state index in [1.807, 2.05) is 6.92 Å². The lowest BCUT2D eigenvalue weighted by atomic mass is 10.2. The van der Waals surface area contributed by atoms with Gasteiger partial charge >= 0.3 is 5.97 Å². The molecule has 1 aromatic carbocycles. The maximum absolute atomic E-state index is 11.9. The molecule has 1 fully saturated rings. The Morgan fingerprint density at radius 1 is 1.19 bits per heavy atom. The number of aromatic nitrogens is 1. The average molecular weight is 353 g/mol. The molecule has 3 rings (SSSR count). The minimum absolute atomic E-state index is 0.110. The summed E-state index contributed by atoms with van der Waals surface area (Å²) in [6.07, 6.45) is 2.84. The Morgan fingerprint density at radius 2 is 1.96 bits per heavy atom. The van der Waals surface area contributed by atoms with Gasteiger partial charge in [-0.2, -0.15) is 0 Å². The third-order valence-corrected chi connectivity index (χ3v) is 4.02. The zero-order valence-electron chi connectivity index (χ0n) is 14.4. The lowest BCUT2D eigenvalue weighted by Crippen LogP contribution is -2.23. The van der Waals surface area contributed by atoms with E-state index < -0.39 is 11.9 Å². The number of pyridine rings is 1. The Balaban J connectivity index is 1.50. The summed E-state index contributed by atoms with van der Waals surface area (Å²) in [5.41, 5.74) is 2.46. The molecular formula is C19H19N3O4. The molecule has 1 aliphatic rings. The van der Waals surface area contributed by atoms with Gasteiger partial charge in [0.25, 0.3) is 5.91 Å². The van der Waals surface area contributed by atoms with Crippen LogP contribution in [0.15, 0.2) is 42.6 Å². The highest BCUT2D eigenvalue weighted by Gasteiger charge is 2.21. The van der Waals surface area contributed by atoms with Crippen LogP contribution in [0.5, 0.6) is 0 Å². The van der Waals surface area contributed by atoms with Crippen LogP contribution in [0.2, 0.25) is 0 Å². The van der Waals surface area contributed by atoms with Gasteiger partial charge in [0.2, 0.25) is 5.91 Å². The van der Waals surface area contributed by atoms with Crippen molar-refractivity contribution < 1.29 is 19.1 Å². The van der Waals surface area contributed by atoms with Gasteiger partial charge in [-0.15, -0.1) is 0 Å². The van der Waals surface area contributed by atoms with Gasteiger partial charge in [0.05, 0.1) is 5.56 Å². The Kier molecular flexibility index (Phi) is 5.26. The van der Waals surface area contributed by atoms with Crippen LogP contribution in [0, 0.1) is 6.92 Å². The molecule has 0 atom stereocenters. The monoisotopic (exact) mass is 353 g/mol. The molecule has 2 heterocycles. The molecule has 1 aliphatic heterocycles. The molecule has 7 nitrogen and oxygen atoms in total. The summed E-state index contributed by atoms with van der Waals surface area (Å²) < 4.78 is 4.98. The number of esters is 1. The van der Waals surface area contributed by atoms with Crippen molar-refractivity contribution in [1.82, 2.24) is 4.98 Å². The Hall–Kier alpha value is -3.22. The lowest BCUT2D eigenvalue weighted by Gasteiger charge is -2.16. The number of amides is 2. The highest BCUT2D eigenvalue weighted by molar-refractivity contribution is 5.97. The molecule has 7 heteroatoms. The number of nitrogens with one attached hydrogen (secondary N) is 1. The van der Waals surface area contributed by atoms with Crippen molar-refractivity contribution in [2.24, 2.45) is 0 Å². The van der Waals surface area contributed by atoms with E-state index in [1.54, 1.807) is 41.3 Å². The maximum Gasteiger partial charge on any atom is 0.340 e. The molecule has 2 amide bonds. The van der Waals surface area contributed by atoms with Crippen molar-refractivity contribution in [3.05, 3.63) is 53.9 Å². The third kappa shape index (κ3) is 4.24. The standard InChI is InChI=1S/C19H19N3O4/c1-13-4-5-14(11-20-13)19(25)26-12-17(23)21-15-6-8-16(9-7-15)22-10-2-3-18(22)24/h4-9,11H,2-3,10,12H2,1H3,(H,21,23). The number of ether oxygens (including phenoxy) is 1. The van der Waals surface area contributed by atoms with Gasteiger partial charge in [-0.1, -0.05) is 0 Å². The first-order valence-electron chi connectivity index (χ1n) is 8.33. The molecular weight excluding hydrogens is 334 g/mol. The molecule has 1 N–H and O–H groups in total. The number of hydrogen-bond donors (Lipinski definition) is 1. The molecule has 0 saturated carbocycles. The highest BCUT2D eigenvalue weighted by Crippen LogP contribution is 2.22. The van der Waals surface area contributed by atoms with Crippen molar-refractivity contribution in [2.75, 3.05) is 23.4 Å². The van der Waals surface area contributed by atoms with Gasteiger partial charge in [0.1, 0.15) is 0 Å². The molecule has 0 bridgehead atoms. The zero-order chi connectivity index (χ0) is 18.5. The van der Waals surface area contributed by atoms with Crippen LogP contribution in [-0.4, -0.2) is 35.9 Å². The predicted octanol–water partition coefficient (Wildman–Crippen LogP) is 2.31. The second-order valence-electron chi connectivity index (χ2n) is 6.01. The summed E-state index contributed by atoms with van der Waals surface area (Å²) in [4.78, 5) is 41.2. The van der Waals surface area contributed by atoms with Gasteiger partial charge in [-0.05, 0) is 49.7 Å². The molecule has 0 aliphatic carbocycles. The predicted molar refractivity (Wildman–Crippen MR) is 95.9 cm³/mol. The molecule has 0 radical (unpaired) electrons. The van der Waals surface area contributed by atoms with E-state index in [0.717, 1.165) is 17.8 Å². The van der Waals surface area contributed by atoms with Crippen LogP contribution in [0.1, 0.15) is 28.9 Å². The number of carbonyl (C=O) groups is 3. The smallest absolute Gasteiger partial charge is 0.340 e. The van der Waals surface area contributed by atoms with E-state index in [-0.39, 0.29) is 12.5 Å². The van der Waals surface area contributed by atoms with Crippen molar-refractivity contribution >= 4 is 29.2 Å². The fraction of sp³-hybridized carbons (Fsp3) is 0.263. The molecule has 26 heavy (non-hydrogen) atoms. The van der Waals surface area contributed by atoms with Gasteiger partial charge in [0, 0.05) is 36.2 Å². The first-order chi connectivity index (χ1) is 12.5. The Morgan fingerprint density at radius 3 is 2.58 bits per heavy atom. The van der Waals surface area contributed by atoms with Crippen LogP contribution in [0.25, 0.3) is 0 Å². The number of nitrogens with zero attached hydrogens (tertiary/aromatic N) is 2. The van der Waals surface area contributed by atoms with Crippen molar-refractivity contribution in [2.45, 2.75) is 19.8 Å². The molecule has 2 aromatic rings. The summed E-state index contributed by atoms with van der Waals surface area (Å²) in [5.74, 6) is -0.932. The first kappa shape index (κ1) is 17.6. The summed E-state index contributed by atoms with van der Waals surface area (Å²) >= 11 is 0. The van der Waals surface area contributed by atoms with Gasteiger partial charge < -0.3 is 15.0 Å². The fourth-order valence-corrected chi connectivity index (χ4v) is 2.65. The SMILES string of the molecule is Cc1ccc(C(=O)OCC(=O)Nc2ccc(N3CCCC3=O)cc2)cn1. The van der Waals surface area contributed by atoms with Gasteiger partial charge in [-0.3, -0.25) is 14.6 Å². The summed E-state index contributed by atoms with van der Waals surface area (Å²) in [5, 5.41) is 2.65. The number of anilines is 2. The van der Waals surface area contributed by atoms with E-state index in [1.165, 1.54) is 6.20 Å². The van der Waals surface area contributed by atoms with E-state index in [2.05, 4.69) is 10.3 Å².